The Morgan fingerprint density at radius 1 is 1.35 bits per heavy atom. The van der Waals surface area contributed by atoms with Gasteiger partial charge in [-0.25, -0.2) is 4.68 Å². The first-order chi connectivity index (χ1) is 8.40. The third-order valence-electron chi connectivity index (χ3n) is 3.16. The average Bonchev–Trinajstić information content (AvgIpc) is 2.91. The highest BCUT2D eigenvalue weighted by Gasteiger charge is 2.27. The summed E-state index contributed by atoms with van der Waals surface area (Å²) in [5.74, 6) is 0. The van der Waals surface area contributed by atoms with Crippen molar-refractivity contribution in [1.29, 1.82) is 0 Å². The van der Waals surface area contributed by atoms with Crippen LogP contribution in [0.25, 0.3) is 0 Å². The van der Waals surface area contributed by atoms with E-state index in [-0.39, 0.29) is 6.04 Å². The van der Waals surface area contributed by atoms with E-state index in [1.165, 1.54) is 5.56 Å². The quantitative estimate of drug-likeness (QED) is 0.596. The molecule has 0 spiro atoms. The summed E-state index contributed by atoms with van der Waals surface area (Å²) in [4.78, 5) is 0. The lowest BCUT2D eigenvalue weighted by atomic mass is 9.86. The molecule has 1 unspecified atom stereocenters. The first kappa shape index (κ1) is 10.0. The van der Waals surface area contributed by atoms with E-state index in [2.05, 4.69) is 21.5 Å². The van der Waals surface area contributed by atoms with Crippen molar-refractivity contribution >= 4 is 5.71 Å². The van der Waals surface area contributed by atoms with Crippen molar-refractivity contribution in [3.63, 3.8) is 0 Å². The SMILES string of the molecule is ON=C1c2ccccc2CCC1n1ccnn1. The molecule has 0 saturated carbocycles. The highest BCUT2D eigenvalue weighted by Crippen LogP contribution is 2.28. The summed E-state index contributed by atoms with van der Waals surface area (Å²) in [6, 6.07) is 7.97. The van der Waals surface area contributed by atoms with Gasteiger partial charge in [-0.3, -0.25) is 0 Å². The molecule has 0 amide bonds. The number of aromatic nitrogens is 3. The van der Waals surface area contributed by atoms with Crippen LogP contribution in [0.4, 0.5) is 0 Å². The van der Waals surface area contributed by atoms with Gasteiger partial charge in [-0.05, 0) is 18.4 Å². The molecule has 1 N–H and O–H groups in total. The third-order valence-corrected chi connectivity index (χ3v) is 3.16. The lowest BCUT2D eigenvalue weighted by molar-refractivity contribution is 0.312. The zero-order valence-corrected chi connectivity index (χ0v) is 9.19. The van der Waals surface area contributed by atoms with Crippen molar-refractivity contribution < 1.29 is 5.21 Å². The fourth-order valence-electron chi connectivity index (χ4n) is 2.36. The van der Waals surface area contributed by atoms with Crippen LogP contribution < -0.4 is 0 Å². The number of aryl methyl sites for hydroxylation is 1. The largest absolute Gasteiger partial charge is 0.411 e. The molecule has 86 valence electrons. The Bertz CT molecular complexity index is 547. The van der Waals surface area contributed by atoms with Crippen LogP contribution in [0.15, 0.2) is 41.8 Å². The van der Waals surface area contributed by atoms with Gasteiger partial charge < -0.3 is 5.21 Å². The van der Waals surface area contributed by atoms with E-state index in [1.807, 2.05) is 18.2 Å². The van der Waals surface area contributed by atoms with E-state index in [0.717, 1.165) is 18.4 Å². The second-order valence-electron chi connectivity index (χ2n) is 4.08. The third kappa shape index (κ3) is 1.60. The lowest BCUT2D eigenvalue weighted by Crippen LogP contribution is -2.27. The summed E-state index contributed by atoms with van der Waals surface area (Å²) in [5.41, 5.74) is 2.88. The van der Waals surface area contributed by atoms with Crippen molar-refractivity contribution in [2.75, 3.05) is 0 Å². The van der Waals surface area contributed by atoms with Crippen LogP contribution in [-0.4, -0.2) is 25.9 Å². The summed E-state index contributed by atoms with van der Waals surface area (Å²) in [6.07, 6.45) is 5.26. The second-order valence-corrected chi connectivity index (χ2v) is 4.08. The van der Waals surface area contributed by atoms with Crippen LogP contribution in [0.2, 0.25) is 0 Å². The predicted octanol–water partition coefficient (Wildman–Crippen LogP) is 1.64. The monoisotopic (exact) mass is 228 g/mol. The summed E-state index contributed by atoms with van der Waals surface area (Å²) < 4.78 is 1.74. The van der Waals surface area contributed by atoms with Gasteiger partial charge in [0.15, 0.2) is 0 Å². The summed E-state index contributed by atoms with van der Waals surface area (Å²) in [5, 5.41) is 20.5. The van der Waals surface area contributed by atoms with Crippen LogP contribution in [0.1, 0.15) is 23.6 Å². The molecule has 1 aliphatic carbocycles. The second kappa shape index (κ2) is 4.01. The Balaban J connectivity index is 2.07. The number of oxime groups is 1. The smallest absolute Gasteiger partial charge is 0.112 e. The van der Waals surface area contributed by atoms with E-state index >= 15 is 0 Å². The minimum atomic E-state index is -0.0302. The van der Waals surface area contributed by atoms with Crippen LogP contribution >= 0.6 is 0 Å². The van der Waals surface area contributed by atoms with Crippen molar-refractivity contribution in [3.05, 3.63) is 47.8 Å². The first-order valence-electron chi connectivity index (χ1n) is 5.56. The summed E-state index contributed by atoms with van der Waals surface area (Å²) in [6.45, 7) is 0. The molecule has 1 aliphatic rings. The number of nitrogens with zero attached hydrogens (tertiary/aromatic N) is 4. The predicted molar refractivity (Wildman–Crippen MR) is 62.1 cm³/mol. The Morgan fingerprint density at radius 2 is 2.24 bits per heavy atom. The molecule has 0 fully saturated rings. The van der Waals surface area contributed by atoms with Crippen molar-refractivity contribution in [1.82, 2.24) is 15.0 Å². The fraction of sp³-hybridized carbons (Fsp3) is 0.250. The van der Waals surface area contributed by atoms with E-state index in [1.54, 1.807) is 17.1 Å². The number of hydrogen-bond donors (Lipinski definition) is 1. The molecule has 17 heavy (non-hydrogen) atoms. The fourth-order valence-corrected chi connectivity index (χ4v) is 2.36. The Kier molecular flexibility index (Phi) is 2.36. The van der Waals surface area contributed by atoms with Gasteiger partial charge in [-0.1, -0.05) is 34.6 Å². The molecular weight excluding hydrogens is 216 g/mol. The van der Waals surface area contributed by atoms with Crippen LogP contribution in [0.5, 0.6) is 0 Å². The molecule has 1 heterocycles. The first-order valence-corrected chi connectivity index (χ1v) is 5.56. The molecule has 0 aliphatic heterocycles. The molecule has 5 nitrogen and oxygen atoms in total. The minimum Gasteiger partial charge on any atom is -0.411 e. The van der Waals surface area contributed by atoms with Gasteiger partial charge in [-0.15, -0.1) is 5.10 Å². The molecule has 5 heteroatoms. The molecule has 0 radical (unpaired) electrons. The minimum absolute atomic E-state index is 0.0302. The van der Waals surface area contributed by atoms with Gasteiger partial charge in [-0.2, -0.15) is 0 Å². The lowest BCUT2D eigenvalue weighted by Gasteiger charge is -2.25. The number of rotatable bonds is 1. The average molecular weight is 228 g/mol. The highest BCUT2D eigenvalue weighted by atomic mass is 16.4. The highest BCUT2D eigenvalue weighted by molar-refractivity contribution is 6.05. The van der Waals surface area contributed by atoms with Gasteiger partial charge in [0.2, 0.25) is 0 Å². The van der Waals surface area contributed by atoms with E-state index in [9.17, 15) is 5.21 Å². The Labute approximate surface area is 98.4 Å². The van der Waals surface area contributed by atoms with Crippen molar-refractivity contribution in [2.24, 2.45) is 5.16 Å². The molecule has 1 aromatic carbocycles. The number of fused-ring (bicyclic) bond motifs is 1. The molecule has 1 aromatic heterocycles. The summed E-state index contributed by atoms with van der Waals surface area (Å²) in [7, 11) is 0. The van der Waals surface area contributed by atoms with Crippen LogP contribution in [0, 0.1) is 0 Å². The standard InChI is InChI=1S/C12H12N4O/c17-14-12-10-4-2-1-3-9(10)5-6-11(12)16-8-7-13-15-16/h1-4,7-8,11,17H,5-6H2. The number of benzene rings is 1. The maximum atomic E-state index is 9.23. The zero-order valence-electron chi connectivity index (χ0n) is 9.19. The van der Waals surface area contributed by atoms with Crippen LogP contribution in [-0.2, 0) is 6.42 Å². The van der Waals surface area contributed by atoms with Gasteiger partial charge in [0.25, 0.3) is 0 Å². The molecule has 3 rings (SSSR count). The van der Waals surface area contributed by atoms with Crippen LogP contribution in [0.3, 0.4) is 0 Å². The van der Waals surface area contributed by atoms with Crippen molar-refractivity contribution in [2.45, 2.75) is 18.9 Å². The van der Waals surface area contributed by atoms with Gasteiger partial charge >= 0.3 is 0 Å². The summed E-state index contributed by atoms with van der Waals surface area (Å²) >= 11 is 0. The molecule has 2 aromatic rings. The van der Waals surface area contributed by atoms with E-state index in [0.29, 0.717) is 5.71 Å². The topological polar surface area (TPSA) is 63.3 Å². The van der Waals surface area contributed by atoms with Gasteiger partial charge in [0.05, 0.1) is 12.2 Å². The van der Waals surface area contributed by atoms with E-state index in [4.69, 9.17) is 0 Å². The maximum absolute atomic E-state index is 9.23. The molecule has 0 saturated heterocycles. The maximum Gasteiger partial charge on any atom is 0.112 e. The van der Waals surface area contributed by atoms with Gasteiger partial charge in [0.1, 0.15) is 5.71 Å². The molecule has 1 atom stereocenters. The Hall–Kier alpha value is -2.17. The Morgan fingerprint density at radius 3 is 3.00 bits per heavy atom. The zero-order chi connectivity index (χ0) is 11.7. The van der Waals surface area contributed by atoms with E-state index < -0.39 is 0 Å². The molecule has 0 bridgehead atoms. The molecular formula is C12H12N4O. The number of hydrogen-bond acceptors (Lipinski definition) is 4. The van der Waals surface area contributed by atoms with Gasteiger partial charge in [0, 0.05) is 11.8 Å². The normalized spacial score (nSPS) is 21.4. The van der Waals surface area contributed by atoms with Crippen molar-refractivity contribution in [3.8, 4) is 0 Å².